The quantitative estimate of drug-likeness (QED) is 0.532. The smallest absolute Gasteiger partial charge is 0.416 e. The zero-order valence-electron chi connectivity index (χ0n) is 13.2. The maximum absolute atomic E-state index is 12.9. The highest BCUT2D eigenvalue weighted by Gasteiger charge is 2.31. The molecule has 1 aliphatic rings. The van der Waals surface area contributed by atoms with Crippen LogP contribution in [0.4, 0.5) is 13.2 Å². The normalized spacial score (nSPS) is 17.5. The Morgan fingerprint density at radius 1 is 1.19 bits per heavy atom. The molecule has 4 nitrogen and oxygen atoms in total. The molecule has 4 rings (SSSR count). The molecule has 0 bridgehead atoms. The van der Waals surface area contributed by atoms with Gasteiger partial charge < -0.3 is 4.42 Å². The number of halogens is 4. The molecule has 3 aromatic rings. The van der Waals surface area contributed by atoms with Crippen molar-refractivity contribution >= 4 is 31.7 Å². The molecule has 0 saturated carbocycles. The lowest BCUT2D eigenvalue weighted by Gasteiger charge is -2.16. The molecule has 0 fully saturated rings. The Morgan fingerprint density at radius 3 is 2.81 bits per heavy atom. The molecular weight excluding hydrogens is 411 g/mol. The Hall–Kier alpha value is -2.48. The maximum Gasteiger partial charge on any atom is 0.416 e. The van der Waals surface area contributed by atoms with E-state index in [0.717, 1.165) is 22.3 Å². The van der Waals surface area contributed by atoms with Gasteiger partial charge in [0.25, 0.3) is 0 Å². The number of hydrogen-bond acceptors (Lipinski definition) is 4. The van der Waals surface area contributed by atoms with Crippen molar-refractivity contribution in [1.82, 2.24) is 9.97 Å². The van der Waals surface area contributed by atoms with Gasteiger partial charge in [-0.25, -0.2) is 4.98 Å². The molecular formula is C18H11BrF3N3O. The topological polar surface area (TPSA) is 51.3 Å². The van der Waals surface area contributed by atoms with Gasteiger partial charge in [0.05, 0.1) is 11.6 Å². The molecule has 0 amide bonds. The Labute approximate surface area is 154 Å². The summed E-state index contributed by atoms with van der Waals surface area (Å²) in [5.74, 6) is 0.248. The Balaban J connectivity index is 1.80. The summed E-state index contributed by atoms with van der Waals surface area (Å²) < 4.78 is 45.1. The van der Waals surface area contributed by atoms with E-state index in [-0.39, 0.29) is 17.4 Å². The Morgan fingerprint density at radius 2 is 2.04 bits per heavy atom. The lowest BCUT2D eigenvalue weighted by Crippen LogP contribution is -2.04. The third-order valence-electron chi connectivity index (χ3n) is 4.05. The van der Waals surface area contributed by atoms with E-state index in [1.807, 2.05) is 12.2 Å². The van der Waals surface area contributed by atoms with Crippen molar-refractivity contribution in [3.63, 3.8) is 0 Å². The number of hydrogen-bond donors (Lipinski definition) is 0. The van der Waals surface area contributed by atoms with Gasteiger partial charge in [0, 0.05) is 23.5 Å². The van der Waals surface area contributed by atoms with Gasteiger partial charge >= 0.3 is 6.18 Å². The van der Waals surface area contributed by atoms with Gasteiger partial charge in [-0.2, -0.15) is 13.2 Å². The Bertz CT molecular complexity index is 1040. The second kappa shape index (κ2) is 6.35. The fourth-order valence-corrected chi connectivity index (χ4v) is 3.26. The van der Waals surface area contributed by atoms with Crippen molar-refractivity contribution in [1.29, 1.82) is 0 Å². The van der Waals surface area contributed by atoms with E-state index in [1.54, 1.807) is 18.5 Å². The van der Waals surface area contributed by atoms with Gasteiger partial charge in [-0.15, -0.1) is 0 Å². The predicted molar refractivity (Wildman–Crippen MR) is 95.1 cm³/mol. The monoisotopic (exact) mass is 421 g/mol. The molecule has 1 aromatic carbocycles. The van der Waals surface area contributed by atoms with E-state index >= 15 is 0 Å². The van der Waals surface area contributed by atoms with E-state index in [1.165, 1.54) is 6.07 Å². The maximum atomic E-state index is 12.9. The molecule has 2 aromatic heterocycles. The Kier molecular flexibility index (Phi) is 4.14. The molecule has 0 aliphatic carbocycles. The summed E-state index contributed by atoms with van der Waals surface area (Å²) >= 11 is 3.36. The van der Waals surface area contributed by atoms with Crippen molar-refractivity contribution < 1.29 is 17.6 Å². The first-order valence-corrected chi connectivity index (χ1v) is 8.53. The molecule has 1 aliphatic heterocycles. The lowest BCUT2D eigenvalue weighted by molar-refractivity contribution is -0.137. The number of aliphatic imine (C=N–C) groups is 1. The van der Waals surface area contributed by atoms with Gasteiger partial charge in [-0.1, -0.05) is 6.08 Å². The molecule has 132 valence electrons. The average Bonchev–Trinajstić information content (AvgIpc) is 3.04. The van der Waals surface area contributed by atoms with Crippen molar-refractivity contribution in [3.8, 4) is 11.5 Å². The van der Waals surface area contributed by atoms with Crippen LogP contribution in [0.1, 0.15) is 23.6 Å². The fraction of sp³-hybridized carbons (Fsp3) is 0.167. The summed E-state index contributed by atoms with van der Waals surface area (Å²) in [6.45, 7) is 0. The molecule has 1 unspecified atom stereocenters. The summed E-state index contributed by atoms with van der Waals surface area (Å²) in [5, 5.41) is 0. The first kappa shape index (κ1) is 17.0. The van der Waals surface area contributed by atoms with Gasteiger partial charge in [0.2, 0.25) is 5.89 Å². The first-order valence-electron chi connectivity index (χ1n) is 7.74. The largest absolute Gasteiger partial charge is 0.436 e. The third-order valence-corrected chi connectivity index (χ3v) is 4.52. The number of aromatic nitrogens is 2. The van der Waals surface area contributed by atoms with Crippen molar-refractivity contribution in [2.24, 2.45) is 4.99 Å². The minimum atomic E-state index is -4.43. The summed E-state index contributed by atoms with van der Waals surface area (Å²) in [4.78, 5) is 12.9. The zero-order chi connectivity index (χ0) is 18.3. The van der Waals surface area contributed by atoms with Crippen LogP contribution in [-0.4, -0.2) is 14.6 Å². The SMILES string of the molecule is FC(F)(F)c1ccc2oc(-c3ccncc3C3CC=CC(Br)=N3)nc2c1. The highest BCUT2D eigenvalue weighted by atomic mass is 79.9. The number of rotatable bonds is 2. The molecule has 8 heteroatoms. The third kappa shape index (κ3) is 3.16. The average molecular weight is 422 g/mol. The molecule has 0 spiro atoms. The van der Waals surface area contributed by atoms with E-state index in [4.69, 9.17) is 4.42 Å². The predicted octanol–water partition coefficient (Wildman–Crippen LogP) is 5.70. The van der Waals surface area contributed by atoms with E-state index < -0.39 is 11.7 Å². The standard InChI is InChI=1S/C18H11BrF3N3O/c19-16-3-1-2-13(24-16)12-9-23-7-6-11(12)17-25-14-8-10(18(20,21)22)4-5-15(14)26-17/h1,3-9,13H,2H2. The van der Waals surface area contributed by atoms with Crippen LogP contribution in [0.3, 0.4) is 0 Å². The van der Waals surface area contributed by atoms with Crippen LogP contribution in [0.5, 0.6) is 0 Å². The summed E-state index contributed by atoms with van der Waals surface area (Å²) in [6.07, 6.45) is 3.38. The fourth-order valence-electron chi connectivity index (χ4n) is 2.82. The lowest BCUT2D eigenvalue weighted by atomic mass is 9.99. The van der Waals surface area contributed by atoms with Crippen LogP contribution >= 0.6 is 15.9 Å². The number of oxazole rings is 1. The summed E-state index contributed by atoms with van der Waals surface area (Å²) in [5.41, 5.74) is 1.16. The van der Waals surface area contributed by atoms with Crippen LogP contribution in [0.2, 0.25) is 0 Å². The molecule has 0 saturated heterocycles. The minimum Gasteiger partial charge on any atom is -0.436 e. The van der Waals surface area contributed by atoms with Crippen LogP contribution in [0, 0.1) is 0 Å². The molecule has 0 N–H and O–H groups in total. The molecule has 3 heterocycles. The van der Waals surface area contributed by atoms with Gasteiger partial charge in [0.15, 0.2) is 5.58 Å². The first-order chi connectivity index (χ1) is 12.4. The van der Waals surface area contributed by atoms with Crippen molar-refractivity contribution in [2.75, 3.05) is 0 Å². The van der Waals surface area contributed by atoms with Crippen molar-refractivity contribution in [3.05, 3.63) is 59.9 Å². The minimum absolute atomic E-state index is 0.158. The van der Waals surface area contributed by atoms with Crippen LogP contribution in [0.15, 0.2) is 58.2 Å². The number of dihydropyridines is 1. The number of allylic oxidation sites excluding steroid dienone is 1. The number of benzene rings is 1. The van der Waals surface area contributed by atoms with Crippen LogP contribution in [0.25, 0.3) is 22.6 Å². The van der Waals surface area contributed by atoms with Gasteiger partial charge in [-0.05, 0) is 52.7 Å². The van der Waals surface area contributed by atoms with Gasteiger partial charge in [-0.3, -0.25) is 9.98 Å². The molecule has 1 atom stereocenters. The zero-order valence-corrected chi connectivity index (χ0v) is 14.8. The number of fused-ring (bicyclic) bond motifs is 1. The van der Waals surface area contributed by atoms with Crippen LogP contribution in [-0.2, 0) is 6.18 Å². The summed E-state index contributed by atoms with van der Waals surface area (Å²) in [7, 11) is 0. The summed E-state index contributed by atoms with van der Waals surface area (Å²) in [6, 6.07) is 4.82. The van der Waals surface area contributed by atoms with Crippen LogP contribution < -0.4 is 0 Å². The van der Waals surface area contributed by atoms with E-state index in [0.29, 0.717) is 17.6 Å². The van der Waals surface area contributed by atoms with E-state index in [9.17, 15) is 13.2 Å². The highest BCUT2D eigenvalue weighted by Crippen LogP contribution is 2.36. The number of alkyl halides is 3. The second-order valence-corrected chi connectivity index (χ2v) is 6.58. The van der Waals surface area contributed by atoms with Gasteiger partial charge in [0.1, 0.15) is 10.1 Å². The number of nitrogens with zero attached hydrogens (tertiary/aromatic N) is 3. The second-order valence-electron chi connectivity index (χ2n) is 5.77. The molecule has 26 heavy (non-hydrogen) atoms. The highest BCUT2D eigenvalue weighted by molar-refractivity contribution is 9.18. The van der Waals surface area contributed by atoms with E-state index in [2.05, 4.69) is 30.9 Å². The molecule has 0 radical (unpaired) electrons. The number of pyridine rings is 1. The van der Waals surface area contributed by atoms with Crippen molar-refractivity contribution in [2.45, 2.75) is 18.6 Å².